The van der Waals surface area contributed by atoms with Gasteiger partial charge in [0.1, 0.15) is 11.6 Å². The average Bonchev–Trinajstić information content (AvgIpc) is 3.43. The minimum Gasteiger partial charge on any atom is -0.497 e. The van der Waals surface area contributed by atoms with E-state index in [-0.39, 0.29) is 12.1 Å². The molecule has 3 heterocycles. The summed E-state index contributed by atoms with van der Waals surface area (Å²) in [4.78, 5) is 23.1. The minimum absolute atomic E-state index is 0.0904. The molecule has 3 aromatic rings. The number of urea groups is 1. The summed E-state index contributed by atoms with van der Waals surface area (Å²) in [5, 5.41) is 10.1. The zero-order chi connectivity index (χ0) is 19.3. The first-order valence-corrected chi connectivity index (χ1v) is 9.24. The predicted octanol–water partition coefficient (Wildman–Crippen LogP) is 2.92. The van der Waals surface area contributed by atoms with Crippen molar-refractivity contribution in [3.63, 3.8) is 0 Å². The molecule has 1 aliphatic rings. The van der Waals surface area contributed by atoms with E-state index >= 15 is 0 Å². The second-order valence-corrected chi connectivity index (χ2v) is 6.62. The van der Waals surface area contributed by atoms with Gasteiger partial charge in [0.15, 0.2) is 5.82 Å². The molecule has 1 aliphatic heterocycles. The van der Waals surface area contributed by atoms with E-state index in [0.29, 0.717) is 18.2 Å². The number of nitrogens with zero attached hydrogens (tertiary/aromatic N) is 4. The number of carbonyl (C=O) groups excluding carboxylic acids is 1. The Hall–Kier alpha value is -3.42. The van der Waals surface area contributed by atoms with Crippen molar-refractivity contribution in [3.8, 4) is 17.1 Å². The van der Waals surface area contributed by atoms with Gasteiger partial charge in [0, 0.05) is 24.5 Å². The zero-order valence-corrected chi connectivity index (χ0v) is 15.6. The van der Waals surface area contributed by atoms with Gasteiger partial charge in [0.05, 0.1) is 19.7 Å². The van der Waals surface area contributed by atoms with Crippen LogP contribution in [0.15, 0.2) is 48.8 Å². The molecule has 144 valence electrons. The van der Waals surface area contributed by atoms with Crippen molar-refractivity contribution in [2.24, 2.45) is 0 Å². The Morgan fingerprint density at radius 3 is 2.79 bits per heavy atom. The molecule has 1 saturated heterocycles. The Morgan fingerprint density at radius 1 is 1.25 bits per heavy atom. The van der Waals surface area contributed by atoms with E-state index < -0.39 is 0 Å². The fourth-order valence-electron chi connectivity index (χ4n) is 3.45. The number of likely N-dealkylation sites (tertiary alicyclic amines) is 1. The van der Waals surface area contributed by atoms with Crippen molar-refractivity contribution in [2.75, 3.05) is 13.7 Å². The molecule has 0 spiro atoms. The van der Waals surface area contributed by atoms with Crippen molar-refractivity contribution < 1.29 is 9.53 Å². The smallest absolute Gasteiger partial charge is 0.318 e. The van der Waals surface area contributed by atoms with Crippen molar-refractivity contribution in [3.05, 3.63) is 60.2 Å². The maximum atomic E-state index is 12.7. The molecule has 2 amide bonds. The number of pyridine rings is 1. The normalized spacial score (nSPS) is 16.2. The van der Waals surface area contributed by atoms with Crippen molar-refractivity contribution in [1.29, 1.82) is 0 Å². The third-order valence-corrected chi connectivity index (χ3v) is 4.89. The third-order valence-electron chi connectivity index (χ3n) is 4.89. The van der Waals surface area contributed by atoms with Gasteiger partial charge in [0.25, 0.3) is 0 Å². The Balaban J connectivity index is 1.38. The summed E-state index contributed by atoms with van der Waals surface area (Å²) in [6.45, 7) is 1.04. The van der Waals surface area contributed by atoms with E-state index in [2.05, 4.69) is 25.5 Å². The van der Waals surface area contributed by atoms with E-state index in [1.807, 2.05) is 41.3 Å². The van der Waals surface area contributed by atoms with Gasteiger partial charge < -0.3 is 15.0 Å². The number of carbonyl (C=O) groups is 1. The van der Waals surface area contributed by atoms with Crippen molar-refractivity contribution in [1.82, 2.24) is 30.4 Å². The number of hydrogen-bond acceptors (Lipinski definition) is 5. The molecule has 4 rings (SSSR count). The fraction of sp³-hybridized carbons (Fsp3) is 0.300. The average molecular weight is 378 g/mol. The van der Waals surface area contributed by atoms with Gasteiger partial charge in [-0.2, -0.15) is 5.10 Å². The molecule has 8 heteroatoms. The summed E-state index contributed by atoms with van der Waals surface area (Å²) in [5.41, 5.74) is 2.00. The molecule has 28 heavy (non-hydrogen) atoms. The lowest BCUT2D eigenvalue weighted by Gasteiger charge is -2.25. The van der Waals surface area contributed by atoms with Gasteiger partial charge in [-0.3, -0.25) is 10.1 Å². The van der Waals surface area contributed by atoms with Gasteiger partial charge >= 0.3 is 6.03 Å². The summed E-state index contributed by atoms with van der Waals surface area (Å²) < 4.78 is 5.16. The number of aromatic amines is 1. The monoisotopic (exact) mass is 378 g/mol. The molecule has 1 aromatic carbocycles. The van der Waals surface area contributed by atoms with Crippen molar-refractivity contribution in [2.45, 2.75) is 25.4 Å². The molecule has 0 radical (unpaired) electrons. The molecule has 1 fully saturated rings. The molecule has 0 saturated carbocycles. The lowest BCUT2D eigenvalue weighted by atomic mass is 10.1. The lowest BCUT2D eigenvalue weighted by Crippen LogP contribution is -2.39. The highest BCUT2D eigenvalue weighted by atomic mass is 16.5. The summed E-state index contributed by atoms with van der Waals surface area (Å²) in [7, 11) is 1.63. The van der Waals surface area contributed by atoms with Crippen LogP contribution in [0.5, 0.6) is 5.75 Å². The van der Waals surface area contributed by atoms with E-state index in [9.17, 15) is 4.79 Å². The zero-order valence-electron chi connectivity index (χ0n) is 15.6. The molecule has 2 aromatic heterocycles. The molecule has 0 aliphatic carbocycles. The van der Waals surface area contributed by atoms with Gasteiger partial charge in [-0.05, 0) is 54.8 Å². The highest BCUT2D eigenvalue weighted by Crippen LogP contribution is 2.31. The van der Waals surface area contributed by atoms with Crippen LogP contribution in [0.2, 0.25) is 0 Å². The first-order valence-electron chi connectivity index (χ1n) is 9.24. The van der Waals surface area contributed by atoms with Gasteiger partial charge in [0.2, 0.25) is 0 Å². The van der Waals surface area contributed by atoms with Crippen LogP contribution in [0.3, 0.4) is 0 Å². The van der Waals surface area contributed by atoms with Crippen LogP contribution >= 0.6 is 0 Å². The van der Waals surface area contributed by atoms with Crippen LogP contribution in [-0.4, -0.2) is 44.8 Å². The van der Waals surface area contributed by atoms with Crippen LogP contribution in [0.1, 0.15) is 30.3 Å². The lowest BCUT2D eigenvalue weighted by molar-refractivity contribution is 0.192. The molecule has 2 N–H and O–H groups in total. The van der Waals surface area contributed by atoms with E-state index in [1.165, 1.54) is 0 Å². The fourth-order valence-corrected chi connectivity index (χ4v) is 3.45. The number of nitrogens with one attached hydrogen (secondary N) is 2. The Kier molecular flexibility index (Phi) is 5.18. The largest absolute Gasteiger partial charge is 0.497 e. The van der Waals surface area contributed by atoms with E-state index in [1.54, 1.807) is 19.5 Å². The number of rotatable bonds is 5. The highest BCUT2D eigenvalue weighted by Gasteiger charge is 2.29. The summed E-state index contributed by atoms with van der Waals surface area (Å²) in [6.07, 6.45) is 5.48. The van der Waals surface area contributed by atoms with E-state index in [0.717, 1.165) is 36.3 Å². The number of amides is 2. The van der Waals surface area contributed by atoms with E-state index in [4.69, 9.17) is 4.74 Å². The predicted molar refractivity (Wildman–Crippen MR) is 104 cm³/mol. The number of methoxy groups -OCH3 is 1. The number of benzene rings is 1. The van der Waals surface area contributed by atoms with Gasteiger partial charge in [-0.25, -0.2) is 9.78 Å². The Morgan fingerprint density at radius 2 is 2.04 bits per heavy atom. The number of H-pyrrole nitrogens is 1. The summed E-state index contributed by atoms with van der Waals surface area (Å²) in [6, 6.07) is 11.4. The van der Waals surface area contributed by atoms with Crippen LogP contribution < -0.4 is 10.1 Å². The number of hydrogen-bond donors (Lipinski definition) is 2. The maximum absolute atomic E-state index is 12.7. The molecule has 0 bridgehead atoms. The van der Waals surface area contributed by atoms with Gasteiger partial charge in [-0.15, -0.1) is 0 Å². The maximum Gasteiger partial charge on any atom is 0.318 e. The topological polar surface area (TPSA) is 96.0 Å². The number of ether oxygens (including phenoxy) is 1. The molecular weight excluding hydrogens is 356 g/mol. The summed E-state index contributed by atoms with van der Waals surface area (Å²) in [5.74, 6) is 1.97. The SMILES string of the molecule is COc1ccc(-c2n[nH]c(CNC(=O)N3CCCC3c3ccncc3)n2)cc1. The molecule has 8 nitrogen and oxygen atoms in total. The van der Waals surface area contributed by atoms with Crippen molar-refractivity contribution >= 4 is 6.03 Å². The summed E-state index contributed by atoms with van der Waals surface area (Å²) >= 11 is 0. The second-order valence-electron chi connectivity index (χ2n) is 6.62. The Bertz CT molecular complexity index is 925. The van der Waals surface area contributed by atoms with Gasteiger partial charge in [-0.1, -0.05) is 0 Å². The minimum atomic E-state index is -0.0956. The molecule has 1 atom stereocenters. The third kappa shape index (κ3) is 3.80. The highest BCUT2D eigenvalue weighted by molar-refractivity contribution is 5.75. The quantitative estimate of drug-likeness (QED) is 0.712. The van der Waals surface area contributed by atoms with Crippen LogP contribution in [0.4, 0.5) is 4.79 Å². The molecular formula is C20H22N6O2. The number of aromatic nitrogens is 4. The molecule has 1 unspecified atom stereocenters. The second kappa shape index (κ2) is 8.08. The first-order chi connectivity index (χ1) is 13.7. The van der Waals surface area contributed by atoms with Crippen LogP contribution in [-0.2, 0) is 6.54 Å². The van der Waals surface area contributed by atoms with Crippen LogP contribution in [0.25, 0.3) is 11.4 Å². The Labute approximate surface area is 163 Å². The first kappa shape index (κ1) is 18.0. The van der Waals surface area contributed by atoms with Crippen LogP contribution in [0, 0.1) is 0 Å². The standard InChI is InChI=1S/C20H22N6O2/c1-28-16-6-4-15(5-7-16)19-23-18(24-25-19)13-22-20(27)26-12-2-3-17(26)14-8-10-21-11-9-14/h4-11,17H,2-3,12-13H2,1H3,(H,22,27)(H,23,24,25).